The predicted molar refractivity (Wildman–Crippen MR) is 71.8 cm³/mol. The molecule has 0 heterocycles. The van der Waals surface area contributed by atoms with Gasteiger partial charge in [-0.25, -0.2) is 4.39 Å². The first-order valence-electron chi connectivity index (χ1n) is 5.78. The molecular weight excluding hydrogens is 291 g/mol. The van der Waals surface area contributed by atoms with Crippen molar-refractivity contribution < 1.29 is 17.9 Å². The molecule has 0 saturated carbocycles. The summed E-state index contributed by atoms with van der Waals surface area (Å²) in [6.45, 7) is -2.71. The van der Waals surface area contributed by atoms with Gasteiger partial charge in [-0.3, -0.25) is 0 Å². The van der Waals surface area contributed by atoms with Crippen LogP contribution in [0.4, 0.5) is 18.9 Å². The molecular formula is C14H11ClF3NO. The molecule has 2 nitrogen and oxygen atoms in total. The zero-order chi connectivity index (χ0) is 14.5. The Labute approximate surface area is 119 Å². The molecule has 0 spiro atoms. The van der Waals surface area contributed by atoms with Crippen LogP contribution in [0.1, 0.15) is 5.56 Å². The zero-order valence-corrected chi connectivity index (χ0v) is 11.0. The van der Waals surface area contributed by atoms with Gasteiger partial charge in [0.1, 0.15) is 11.6 Å². The highest BCUT2D eigenvalue weighted by Crippen LogP contribution is 2.25. The number of hydrogen-bond donors (Lipinski definition) is 1. The van der Waals surface area contributed by atoms with E-state index in [9.17, 15) is 13.2 Å². The van der Waals surface area contributed by atoms with Crippen LogP contribution >= 0.6 is 11.6 Å². The van der Waals surface area contributed by atoms with Crippen molar-refractivity contribution in [3.05, 3.63) is 58.9 Å². The van der Waals surface area contributed by atoms with Crippen LogP contribution in [0.3, 0.4) is 0 Å². The molecule has 0 aliphatic carbocycles. The first kappa shape index (κ1) is 14.5. The number of nitrogens with one attached hydrogen (secondary N) is 1. The second kappa shape index (κ2) is 6.52. The third-order valence-electron chi connectivity index (χ3n) is 2.59. The third-order valence-corrected chi connectivity index (χ3v) is 2.92. The average Bonchev–Trinajstić information content (AvgIpc) is 2.41. The fourth-order valence-corrected chi connectivity index (χ4v) is 1.87. The summed E-state index contributed by atoms with van der Waals surface area (Å²) in [7, 11) is 0. The maximum atomic E-state index is 13.1. The van der Waals surface area contributed by atoms with Crippen molar-refractivity contribution in [2.24, 2.45) is 0 Å². The fourth-order valence-electron chi connectivity index (χ4n) is 1.68. The first-order chi connectivity index (χ1) is 9.56. The molecule has 2 aromatic carbocycles. The molecule has 106 valence electrons. The van der Waals surface area contributed by atoms with E-state index in [0.717, 1.165) is 0 Å². The van der Waals surface area contributed by atoms with Gasteiger partial charge in [-0.2, -0.15) is 8.78 Å². The molecule has 0 aliphatic heterocycles. The Morgan fingerprint density at radius 2 is 1.90 bits per heavy atom. The monoisotopic (exact) mass is 301 g/mol. The number of ether oxygens (including phenoxy) is 1. The van der Waals surface area contributed by atoms with Crippen molar-refractivity contribution in [3.63, 3.8) is 0 Å². The highest BCUT2D eigenvalue weighted by Gasteiger charge is 2.09. The van der Waals surface area contributed by atoms with E-state index in [0.29, 0.717) is 16.3 Å². The van der Waals surface area contributed by atoms with Crippen molar-refractivity contribution in [2.75, 3.05) is 5.32 Å². The Kier molecular flexibility index (Phi) is 4.74. The molecule has 0 fully saturated rings. The van der Waals surface area contributed by atoms with Gasteiger partial charge >= 0.3 is 6.61 Å². The minimum Gasteiger partial charge on any atom is -0.434 e. The topological polar surface area (TPSA) is 21.3 Å². The SMILES string of the molecule is Fc1ccc(Cl)c(NCc2ccccc2OC(F)F)c1. The largest absolute Gasteiger partial charge is 0.434 e. The van der Waals surface area contributed by atoms with Crippen molar-refractivity contribution in [3.8, 4) is 5.75 Å². The number of rotatable bonds is 5. The molecule has 0 aromatic heterocycles. The number of alkyl halides is 2. The van der Waals surface area contributed by atoms with E-state index >= 15 is 0 Å². The van der Waals surface area contributed by atoms with Gasteiger partial charge in [0.05, 0.1) is 10.7 Å². The lowest BCUT2D eigenvalue weighted by Gasteiger charge is -2.12. The summed E-state index contributed by atoms with van der Waals surface area (Å²) in [6.07, 6.45) is 0. The van der Waals surface area contributed by atoms with E-state index in [1.807, 2.05) is 0 Å². The highest BCUT2D eigenvalue weighted by atomic mass is 35.5. The summed E-state index contributed by atoms with van der Waals surface area (Å²) >= 11 is 5.91. The zero-order valence-electron chi connectivity index (χ0n) is 10.2. The van der Waals surface area contributed by atoms with E-state index in [2.05, 4.69) is 10.1 Å². The van der Waals surface area contributed by atoms with Gasteiger partial charge in [-0.05, 0) is 24.3 Å². The van der Waals surface area contributed by atoms with Crippen molar-refractivity contribution in [2.45, 2.75) is 13.2 Å². The van der Waals surface area contributed by atoms with Gasteiger partial charge in [-0.15, -0.1) is 0 Å². The maximum Gasteiger partial charge on any atom is 0.387 e. The number of halogens is 4. The minimum atomic E-state index is -2.89. The molecule has 0 aliphatic rings. The molecule has 20 heavy (non-hydrogen) atoms. The Morgan fingerprint density at radius 3 is 2.65 bits per heavy atom. The lowest BCUT2D eigenvalue weighted by atomic mass is 10.2. The second-order valence-electron chi connectivity index (χ2n) is 3.96. The average molecular weight is 302 g/mol. The van der Waals surface area contributed by atoms with E-state index in [1.165, 1.54) is 24.3 Å². The lowest BCUT2D eigenvalue weighted by Crippen LogP contribution is -2.07. The van der Waals surface area contributed by atoms with Crippen molar-refractivity contribution in [1.82, 2.24) is 0 Å². The first-order valence-corrected chi connectivity index (χ1v) is 6.15. The standard InChI is InChI=1S/C14H11ClF3NO/c15-11-6-5-10(16)7-12(11)19-8-9-3-1-2-4-13(9)20-14(17)18/h1-7,14,19H,8H2. The molecule has 0 bridgehead atoms. The van der Waals surface area contributed by atoms with Gasteiger partial charge in [0.2, 0.25) is 0 Å². The van der Waals surface area contributed by atoms with Gasteiger partial charge < -0.3 is 10.1 Å². The van der Waals surface area contributed by atoms with Gasteiger partial charge in [0, 0.05) is 12.1 Å². The maximum absolute atomic E-state index is 13.1. The Bertz CT molecular complexity index is 592. The molecule has 2 rings (SSSR count). The van der Waals surface area contributed by atoms with Gasteiger partial charge in [0.25, 0.3) is 0 Å². The fraction of sp³-hybridized carbons (Fsp3) is 0.143. The van der Waals surface area contributed by atoms with E-state index < -0.39 is 12.4 Å². The van der Waals surface area contributed by atoms with Gasteiger partial charge in [-0.1, -0.05) is 29.8 Å². The molecule has 0 amide bonds. The molecule has 0 saturated heterocycles. The summed E-state index contributed by atoms with van der Waals surface area (Å²) in [6, 6.07) is 10.3. The van der Waals surface area contributed by atoms with E-state index in [4.69, 9.17) is 11.6 Å². The third kappa shape index (κ3) is 3.81. The Morgan fingerprint density at radius 1 is 1.15 bits per heavy atom. The van der Waals surface area contributed by atoms with Crippen LogP contribution in [-0.2, 0) is 6.54 Å². The normalized spacial score (nSPS) is 10.7. The predicted octanol–water partition coefficient (Wildman–Crippen LogP) is 4.69. The molecule has 1 N–H and O–H groups in total. The van der Waals surface area contributed by atoms with Crippen LogP contribution in [-0.4, -0.2) is 6.61 Å². The number of hydrogen-bond acceptors (Lipinski definition) is 2. The van der Waals surface area contributed by atoms with Crippen LogP contribution in [0.25, 0.3) is 0 Å². The second-order valence-corrected chi connectivity index (χ2v) is 4.37. The molecule has 6 heteroatoms. The highest BCUT2D eigenvalue weighted by molar-refractivity contribution is 6.33. The summed E-state index contributed by atoms with van der Waals surface area (Å²) in [4.78, 5) is 0. The minimum absolute atomic E-state index is 0.0718. The van der Waals surface area contributed by atoms with Crippen LogP contribution in [0.5, 0.6) is 5.75 Å². The van der Waals surface area contributed by atoms with Crippen LogP contribution < -0.4 is 10.1 Å². The molecule has 2 aromatic rings. The van der Waals surface area contributed by atoms with Crippen molar-refractivity contribution in [1.29, 1.82) is 0 Å². The summed E-state index contributed by atoms with van der Waals surface area (Å²) in [5.41, 5.74) is 0.909. The number of benzene rings is 2. The quantitative estimate of drug-likeness (QED) is 0.865. The van der Waals surface area contributed by atoms with E-state index in [1.54, 1.807) is 18.2 Å². The number of para-hydroxylation sites is 1. The summed E-state index contributed by atoms with van der Waals surface area (Å²) < 4.78 is 42.0. The molecule has 0 radical (unpaired) electrons. The molecule has 0 unspecified atom stereocenters. The summed E-state index contributed by atoms with van der Waals surface area (Å²) in [5.74, 6) is -0.364. The van der Waals surface area contributed by atoms with Crippen LogP contribution in [0.2, 0.25) is 5.02 Å². The molecule has 0 atom stereocenters. The van der Waals surface area contributed by atoms with Crippen molar-refractivity contribution >= 4 is 17.3 Å². The van der Waals surface area contributed by atoms with Crippen LogP contribution in [0.15, 0.2) is 42.5 Å². The smallest absolute Gasteiger partial charge is 0.387 e. The van der Waals surface area contributed by atoms with Crippen LogP contribution in [0, 0.1) is 5.82 Å². The Balaban J connectivity index is 2.12. The van der Waals surface area contributed by atoms with Gasteiger partial charge in [0.15, 0.2) is 0 Å². The lowest BCUT2D eigenvalue weighted by molar-refractivity contribution is -0.0504. The van der Waals surface area contributed by atoms with E-state index in [-0.39, 0.29) is 12.3 Å². The Hall–Kier alpha value is -1.88. The number of anilines is 1. The summed E-state index contributed by atoms with van der Waals surface area (Å²) in [5, 5.41) is 3.23.